The average molecular weight is 280 g/mol. The summed E-state index contributed by atoms with van der Waals surface area (Å²) in [6.07, 6.45) is 3.15. The van der Waals surface area contributed by atoms with E-state index in [0.717, 1.165) is 0 Å². The molecule has 7 heteroatoms. The van der Waals surface area contributed by atoms with Crippen molar-refractivity contribution < 1.29 is 14.7 Å². The van der Waals surface area contributed by atoms with Gasteiger partial charge in [0, 0.05) is 32.0 Å². The Hall–Kier alpha value is -2.18. The predicted octanol–water partition coefficient (Wildman–Crippen LogP) is 0.624. The summed E-state index contributed by atoms with van der Waals surface area (Å²) in [6, 6.07) is 1.36. The summed E-state index contributed by atoms with van der Waals surface area (Å²) >= 11 is 0. The van der Waals surface area contributed by atoms with Crippen molar-refractivity contribution in [1.29, 1.82) is 0 Å². The van der Waals surface area contributed by atoms with Crippen LogP contribution in [0.3, 0.4) is 0 Å². The second kappa shape index (κ2) is 7.42. The lowest BCUT2D eigenvalue weighted by Crippen LogP contribution is -2.44. The highest BCUT2D eigenvalue weighted by Gasteiger charge is 2.22. The van der Waals surface area contributed by atoms with Gasteiger partial charge >= 0.3 is 5.97 Å². The fourth-order valence-corrected chi connectivity index (χ4v) is 1.95. The van der Waals surface area contributed by atoms with Crippen molar-refractivity contribution in [2.24, 2.45) is 0 Å². The number of hydrogen-bond donors (Lipinski definition) is 1. The summed E-state index contributed by atoms with van der Waals surface area (Å²) in [5.74, 6) is -0.595. The fourth-order valence-electron chi connectivity index (χ4n) is 1.95. The smallest absolute Gasteiger partial charge is 0.305 e. The first-order chi connectivity index (χ1) is 9.45. The van der Waals surface area contributed by atoms with Crippen LogP contribution >= 0.6 is 0 Å². The molecule has 0 aliphatic heterocycles. The lowest BCUT2D eigenvalue weighted by Gasteiger charge is -2.29. The second-order valence-corrected chi connectivity index (χ2v) is 4.53. The first kappa shape index (κ1) is 15.9. The summed E-state index contributed by atoms with van der Waals surface area (Å²) in [5.41, 5.74) is 0. The van der Waals surface area contributed by atoms with E-state index in [1.807, 2.05) is 6.92 Å². The van der Waals surface area contributed by atoms with Crippen LogP contribution in [0.4, 0.5) is 5.95 Å². The molecule has 1 amide bonds. The number of likely N-dealkylation sites (N-methyl/N-ethyl adjacent to an activating group) is 2. The van der Waals surface area contributed by atoms with Crippen molar-refractivity contribution in [1.82, 2.24) is 14.9 Å². The largest absolute Gasteiger partial charge is 0.481 e. The number of hydrogen-bond acceptors (Lipinski definition) is 5. The van der Waals surface area contributed by atoms with Crippen LogP contribution in [0.5, 0.6) is 0 Å². The maximum absolute atomic E-state index is 12.2. The summed E-state index contributed by atoms with van der Waals surface area (Å²) in [7, 11) is 1.73. The number of anilines is 1. The molecule has 1 N–H and O–H groups in total. The van der Waals surface area contributed by atoms with Crippen LogP contribution in [0.15, 0.2) is 18.5 Å². The Morgan fingerprint density at radius 2 is 1.95 bits per heavy atom. The number of carbonyl (C=O) groups excluding carboxylic acids is 1. The van der Waals surface area contributed by atoms with Gasteiger partial charge in [0.05, 0.1) is 13.0 Å². The molecule has 1 heterocycles. The third-order valence-corrected chi connectivity index (χ3v) is 2.93. The Morgan fingerprint density at radius 3 is 2.45 bits per heavy atom. The van der Waals surface area contributed by atoms with Crippen molar-refractivity contribution >= 4 is 17.8 Å². The van der Waals surface area contributed by atoms with Crippen LogP contribution in [0.2, 0.25) is 0 Å². The molecule has 0 aliphatic carbocycles. The van der Waals surface area contributed by atoms with E-state index >= 15 is 0 Å². The van der Waals surface area contributed by atoms with Crippen LogP contribution in [0.25, 0.3) is 0 Å². The van der Waals surface area contributed by atoms with E-state index in [1.165, 1.54) is 0 Å². The Labute approximate surface area is 118 Å². The zero-order chi connectivity index (χ0) is 15.1. The minimum Gasteiger partial charge on any atom is -0.481 e. The Morgan fingerprint density at radius 1 is 1.35 bits per heavy atom. The van der Waals surface area contributed by atoms with E-state index < -0.39 is 5.97 Å². The molecule has 1 unspecified atom stereocenters. The first-order valence-electron chi connectivity index (χ1n) is 6.45. The van der Waals surface area contributed by atoms with E-state index in [-0.39, 0.29) is 24.9 Å². The molecule has 0 aromatic carbocycles. The molecule has 1 atom stereocenters. The van der Waals surface area contributed by atoms with Gasteiger partial charge < -0.3 is 14.9 Å². The lowest BCUT2D eigenvalue weighted by atomic mass is 10.2. The molecule has 0 bridgehead atoms. The number of nitrogens with zero attached hydrogens (tertiary/aromatic N) is 4. The average Bonchev–Trinajstić information content (AvgIpc) is 2.39. The van der Waals surface area contributed by atoms with Gasteiger partial charge in [-0.3, -0.25) is 9.59 Å². The number of amides is 1. The Balaban J connectivity index is 2.65. The molecular weight excluding hydrogens is 260 g/mol. The zero-order valence-electron chi connectivity index (χ0n) is 12.0. The van der Waals surface area contributed by atoms with E-state index in [1.54, 1.807) is 42.2 Å². The van der Waals surface area contributed by atoms with Crippen LogP contribution in [-0.4, -0.2) is 58.0 Å². The summed E-state index contributed by atoms with van der Waals surface area (Å²) < 4.78 is 0. The van der Waals surface area contributed by atoms with Crippen molar-refractivity contribution in [3.63, 3.8) is 0 Å². The Bertz CT molecular complexity index is 452. The molecule has 110 valence electrons. The third kappa shape index (κ3) is 4.49. The SMILES string of the molecule is CCN(C(=O)CN(C)c1ncccn1)C(C)CC(=O)O. The minimum absolute atomic E-state index is 0.0644. The Kier molecular flexibility index (Phi) is 5.89. The molecular formula is C13H20N4O3. The highest BCUT2D eigenvalue weighted by Crippen LogP contribution is 2.07. The van der Waals surface area contributed by atoms with Crippen molar-refractivity contribution in [3.8, 4) is 0 Å². The van der Waals surface area contributed by atoms with Crippen molar-refractivity contribution in [3.05, 3.63) is 18.5 Å². The van der Waals surface area contributed by atoms with Gasteiger partial charge in [0.15, 0.2) is 0 Å². The van der Waals surface area contributed by atoms with Crippen molar-refractivity contribution in [2.75, 3.05) is 25.0 Å². The maximum Gasteiger partial charge on any atom is 0.305 e. The molecule has 0 fully saturated rings. The number of rotatable bonds is 7. The van der Waals surface area contributed by atoms with Gasteiger partial charge in [0.25, 0.3) is 0 Å². The first-order valence-corrected chi connectivity index (χ1v) is 6.45. The topological polar surface area (TPSA) is 86.6 Å². The van der Waals surface area contributed by atoms with Gasteiger partial charge in [-0.15, -0.1) is 0 Å². The summed E-state index contributed by atoms with van der Waals surface area (Å²) in [4.78, 5) is 34.3. The summed E-state index contributed by atoms with van der Waals surface area (Å²) in [5, 5.41) is 8.80. The number of carbonyl (C=O) groups is 2. The van der Waals surface area contributed by atoms with E-state index in [2.05, 4.69) is 9.97 Å². The maximum atomic E-state index is 12.2. The van der Waals surface area contributed by atoms with Gasteiger partial charge in [0.1, 0.15) is 0 Å². The summed E-state index contributed by atoms with van der Waals surface area (Å²) in [6.45, 7) is 4.14. The monoisotopic (exact) mass is 280 g/mol. The standard InChI is InChI=1S/C13H20N4O3/c1-4-17(10(2)8-12(19)20)11(18)9-16(3)13-14-6-5-7-15-13/h5-7,10H,4,8-9H2,1-3H3,(H,19,20). The molecule has 1 aromatic heterocycles. The van der Waals surface area contributed by atoms with Gasteiger partial charge in [-0.1, -0.05) is 0 Å². The van der Waals surface area contributed by atoms with Crippen LogP contribution < -0.4 is 4.90 Å². The van der Waals surface area contributed by atoms with Crippen LogP contribution in [0.1, 0.15) is 20.3 Å². The lowest BCUT2D eigenvalue weighted by molar-refractivity contribution is -0.140. The molecule has 20 heavy (non-hydrogen) atoms. The predicted molar refractivity (Wildman–Crippen MR) is 74.4 cm³/mol. The van der Waals surface area contributed by atoms with E-state index in [0.29, 0.717) is 12.5 Å². The fraction of sp³-hybridized carbons (Fsp3) is 0.538. The number of aliphatic carboxylic acids is 1. The number of carboxylic acid groups (broad SMARTS) is 1. The minimum atomic E-state index is -0.913. The van der Waals surface area contributed by atoms with E-state index in [9.17, 15) is 9.59 Å². The molecule has 0 saturated carbocycles. The third-order valence-electron chi connectivity index (χ3n) is 2.93. The number of aromatic nitrogens is 2. The molecule has 0 radical (unpaired) electrons. The van der Waals surface area contributed by atoms with Crippen molar-refractivity contribution in [2.45, 2.75) is 26.3 Å². The molecule has 7 nitrogen and oxygen atoms in total. The van der Waals surface area contributed by atoms with Gasteiger partial charge in [-0.2, -0.15) is 0 Å². The molecule has 0 saturated heterocycles. The van der Waals surface area contributed by atoms with Gasteiger partial charge in [-0.05, 0) is 19.9 Å². The zero-order valence-corrected chi connectivity index (χ0v) is 12.0. The highest BCUT2D eigenvalue weighted by atomic mass is 16.4. The van der Waals surface area contributed by atoms with Gasteiger partial charge in [-0.25, -0.2) is 9.97 Å². The normalized spacial score (nSPS) is 11.8. The highest BCUT2D eigenvalue weighted by molar-refractivity contribution is 5.81. The second-order valence-electron chi connectivity index (χ2n) is 4.53. The molecule has 1 rings (SSSR count). The quantitative estimate of drug-likeness (QED) is 0.788. The molecule has 1 aromatic rings. The van der Waals surface area contributed by atoms with E-state index in [4.69, 9.17) is 5.11 Å². The van der Waals surface area contributed by atoms with Crippen LogP contribution in [-0.2, 0) is 9.59 Å². The van der Waals surface area contributed by atoms with Gasteiger partial charge in [0.2, 0.25) is 11.9 Å². The molecule has 0 aliphatic rings. The van der Waals surface area contributed by atoms with Crippen LogP contribution in [0, 0.1) is 0 Å². The number of carboxylic acids is 1. The molecule has 0 spiro atoms.